The quantitative estimate of drug-likeness (QED) is 0.885. The minimum Gasteiger partial charge on any atom is -0.312 e. The number of nitrogens with one attached hydrogen (secondary N) is 1. The van der Waals surface area contributed by atoms with Gasteiger partial charge in [-0.2, -0.15) is 0 Å². The minimum absolute atomic E-state index is 0.158. The van der Waals surface area contributed by atoms with Crippen molar-refractivity contribution in [3.63, 3.8) is 0 Å². The molecule has 0 bridgehead atoms. The van der Waals surface area contributed by atoms with Gasteiger partial charge >= 0.3 is 0 Å². The van der Waals surface area contributed by atoms with E-state index in [4.69, 9.17) is 16.6 Å². The topological polar surface area (TPSA) is 24.9 Å². The largest absolute Gasteiger partial charge is 0.312 e. The molecule has 0 saturated carbocycles. The molecular weight excluding hydrogens is 288 g/mol. The van der Waals surface area contributed by atoms with E-state index in [1.165, 1.54) is 9.88 Å². The number of hydrogen-bond donors (Lipinski definition) is 1. The molecule has 0 saturated heterocycles. The zero-order valence-electron chi connectivity index (χ0n) is 12.5. The van der Waals surface area contributed by atoms with Crippen LogP contribution in [0.5, 0.6) is 0 Å². The Morgan fingerprint density at radius 3 is 2.45 bits per heavy atom. The van der Waals surface area contributed by atoms with Crippen molar-refractivity contribution in [2.24, 2.45) is 0 Å². The van der Waals surface area contributed by atoms with Gasteiger partial charge in [-0.1, -0.05) is 23.7 Å². The number of benzene rings is 1. The molecule has 0 atom stereocenters. The summed E-state index contributed by atoms with van der Waals surface area (Å²) in [6, 6.07) is 7.89. The van der Waals surface area contributed by atoms with Crippen LogP contribution in [-0.4, -0.2) is 17.1 Å². The van der Waals surface area contributed by atoms with Crippen molar-refractivity contribution in [2.45, 2.75) is 39.7 Å². The van der Waals surface area contributed by atoms with E-state index in [2.05, 4.69) is 33.0 Å². The Kier molecular flexibility index (Phi) is 4.84. The second kappa shape index (κ2) is 6.25. The first-order valence-corrected chi connectivity index (χ1v) is 8.02. The Bertz CT molecular complexity index is 567. The Morgan fingerprint density at radius 2 is 1.85 bits per heavy atom. The fraction of sp³-hybridized carbons (Fsp3) is 0.438. The summed E-state index contributed by atoms with van der Waals surface area (Å²) in [7, 11) is 0. The van der Waals surface area contributed by atoms with E-state index in [1.807, 2.05) is 24.3 Å². The van der Waals surface area contributed by atoms with Gasteiger partial charge in [0, 0.05) is 34.0 Å². The lowest BCUT2D eigenvalue weighted by Crippen LogP contribution is -2.37. The second-order valence-electron chi connectivity index (χ2n) is 5.95. The van der Waals surface area contributed by atoms with Gasteiger partial charge < -0.3 is 5.32 Å². The van der Waals surface area contributed by atoms with Gasteiger partial charge in [-0.05, 0) is 39.8 Å². The van der Waals surface area contributed by atoms with Gasteiger partial charge in [0.1, 0.15) is 0 Å². The highest BCUT2D eigenvalue weighted by Gasteiger charge is 2.12. The van der Waals surface area contributed by atoms with Gasteiger partial charge in [0.15, 0.2) is 0 Å². The summed E-state index contributed by atoms with van der Waals surface area (Å²) in [5.74, 6) is 0. The van der Waals surface area contributed by atoms with Crippen LogP contribution < -0.4 is 5.32 Å². The molecule has 1 aromatic heterocycles. The van der Waals surface area contributed by atoms with Gasteiger partial charge in [-0.15, -0.1) is 11.3 Å². The normalized spacial score (nSPS) is 11.8. The van der Waals surface area contributed by atoms with Crippen LogP contribution >= 0.6 is 22.9 Å². The monoisotopic (exact) mass is 308 g/mol. The van der Waals surface area contributed by atoms with Crippen molar-refractivity contribution in [1.29, 1.82) is 0 Å². The van der Waals surface area contributed by atoms with Crippen LogP contribution in [0.25, 0.3) is 11.3 Å². The highest BCUT2D eigenvalue weighted by atomic mass is 35.5. The van der Waals surface area contributed by atoms with Crippen molar-refractivity contribution in [3.8, 4) is 11.3 Å². The highest BCUT2D eigenvalue weighted by molar-refractivity contribution is 7.12. The van der Waals surface area contributed by atoms with Crippen LogP contribution in [0.3, 0.4) is 0 Å². The average Bonchev–Trinajstić information content (AvgIpc) is 2.70. The Balaban J connectivity index is 2.08. The number of aromatic nitrogens is 1. The number of aryl methyl sites for hydroxylation is 1. The summed E-state index contributed by atoms with van der Waals surface area (Å²) in [6.07, 6.45) is 0.969. The summed E-state index contributed by atoms with van der Waals surface area (Å²) in [5, 5.41) is 5.44. The maximum atomic E-state index is 5.93. The molecule has 0 aliphatic heterocycles. The van der Waals surface area contributed by atoms with Gasteiger partial charge in [0.2, 0.25) is 0 Å². The first kappa shape index (κ1) is 15.5. The molecule has 2 nitrogen and oxygen atoms in total. The predicted molar refractivity (Wildman–Crippen MR) is 88.8 cm³/mol. The van der Waals surface area contributed by atoms with E-state index in [0.717, 1.165) is 29.2 Å². The molecule has 0 aliphatic carbocycles. The Labute approximate surface area is 130 Å². The molecule has 2 aromatic rings. The third-order valence-corrected chi connectivity index (χ3v) is 4.24. The molecule has 0 spiro atoms. The maximum absolute atomic E-state index is 5.93. The SMILES string of the molecule is Cc1sc(CCNC(C)(C)C)nc1-c1ccc(Cl)cc1. The smallest absolute Gasteiger partial charge is 0.0948 e. The summed E-state index contributed by atoms with van der Waals surface area (Å²) in [6.45, 7) is 9.62. The van der Waals surface area contributed by atoms with E-state index in [0.29, 0.717) is 0 Å². The molecule has 1 heterocycles. The van der Waals surface area contributed by atoms with Gasteiger partial charge in [-0.25, -0.2) is 4.98 Å². The lowest BCUT2D eigenvalue weighted by Gasteiger charge is -2.19. The number of thiazole rings is 1. The summed E-state index contributed by atoms with van der Waals surface area (Å²) >= 11 is 7.71. The van der Waals surface area contributed by atoms with Crippen LogP contribution in [0.1, 0.15) is 30.7 Å². The van der Waals surface area contributed by atoms with Crippen LogP contribution in [0.2, 0.25) is 5.02 Å². The van der Waals surface area contributed by atoms with E-state index in [9.17, 15) is 0 Å². The van der Waals surface area contributed by atoms with Gasteiger partial charge in [0.25, 0.3) is 0 Å². The maximum Gasteiger partial charge on any atom is 0.0948 e. The Hall–Kier alpha value is -0.900. The zero-order chi connectivity index (χ0) is 14.8. The van der Waals surface area contributed by atoms with Crippen LogP contribution in [0.15, 0.2) is 24.3 Å². The molecule has 0 fully saturated rings. The molecule has 20 heavy (non-hydrogen) atoms. The fourth-order valence-corrected chi connectivity index (χ4v) is 3.06. The number of halogens is 1. The summed E-state index contributed by atoms with van der Waals surface area (Å²) in [4.78, 5) is 6.03. The van der Waals surface area contributed by atoms with E-state index >= 15 is 0 Å². The second-order valence-corrected chi connectivity index (χ2v) is 7.67. The third kappa shape index (κ3) is 4.30. The van der Waals surface area contributed by atoms with Crippen molar-refractivity contribution in [3.05, 3.63) is 39.2 Å². The summed E-state index contributed by atoms with van der Waals surface area (Å²) < 4.78 is 0. The molecule has 4 heteroatoms. The van der Waals surface area contributed by atoms with Crippen molar-refractivity contribution >= 4 is 22.9 Å². The molecule has 1 aromatic carbocycles. The number of rotatable bonds is 4. The number of hydrogen-bond acceptors (Lipinski definition) is 3. The molecule has 108 valence electrons. The fourth-order valence-electron chi connectivity index (χ4n) is 1.98. The standard InChI is InChI=1S/C16H21ClN2S/c1-11-15(12-5-7-13(17)8-6-12)19-14(20-11)9-10-18-16(2,3)4/h5-8,18H,9-10H2,1-4H3. The molecule has 0 radical (unpaired) electrons. The Morgan fingerprint density at radius 1 is 1.20 bits per heavy atom. The lowest BCUT2D eigenvalue weighted by molar-refractivity contribution is 0.429. The summed E-state index contributed by atoms with van der Waals surface area (Å²) in [5.41, 5.74) is 2.38. The lowest BCUT2D eigenvalue weighted by atomic mass is 10.1. The average molecular weight is 309 g/mol. The molecule has 0 unspecified atom stereocenters. The van der Waals surface area contributed by atoms with Gasteiger partial charge in [0.05, 0.1) is 10.7 Å². The van der Waals surface area contributed by atoms with E-state index < -0.39 is 0 Å². The minimum atomic E-state index is 0.158. The first-order chi connectivity index (χ1) is 9.35. The van der Waals surface area contributed by atoms with Crippen molar-refractivity contribution in [1.82, 2.24) is 10.3 Å². The molecule has 2 rings (SSSR count). The predicted octanol–water partition coefficient (Wildman–Crippen LogP) is 4.70. The van der Waals surface area contributed by atoms with Gasteiger partial charge in [-0.3, -0.25) is 0 Å². The number of nitrogens with zero attached hydrogens (tertiary/aromatic N) is 1. The highest BCUT2D eigenvalue weighted by Crippen LogP contribution is 2.28. The van der Waals surface area contributed by atoms with Crippen LogP contribution in [0, 0.1) is 6.92 Å². The third-order valence-electron chi connectivity index (χ3n) is 2.95. The molecular formula is C16H21ClN2S. The first-order valence-electron chi connectivity index (χ1n) is 6.82. The molecule has 1 N–H and O–H groups in total. The van der Waals surface area contributed by atoms with Crippen molar-refractivity contribution in [2.75, 3.05) is 6.54 Å². The van der Waals surface area contributed by atoms with Crippen LogP contribution in [-0.2, 0) is 6.42 Å². The zero-order valence-corrected chi connectivity index (χ0v) is 14.0. The van der Waals surface area contributed by atoms with E-state index in [1.54, 1.807) is 11.3 Å². The van der Waals surface area contributed by atoms with Crippen LogP contribution in [0.4, 0.5) is 0 Å². The van der Waals surface area contributed by atoms with Crippen molar-refractivity contribution < 1.29 is 0 Å². The molecule has 0 aliphatic rings. The van der Waals surface area contributed by atoms with E-state index in [-0.39, 0.29) is 5.54 Å². The molecule has 0 amide bonds.